The molecule has 0 amide bonds. The average molecular weight is 914 g/mol. The molecule has 0 atom stereocenters. The first-order valence-electron chi connectivity index (χ1n) is 19.8. The fraction of sp³-hybridized carbons (Fsp3) is 0.396. The topological polar surface area (TPSA) is 0 Å². The maximum atomic E-state index is 2.64. The van der Waals surface area contributed by atoms with E-state index in [2.05, 4.69) is 194 Å². The number of hydrogen-bond acceptors (Lipinski definition) is 0. The maximum absolute atomic E-state index is 2.64. The molecule has 6 aromatic carbocycles. The molecule has 0 heterocycles. The number of hydrogen-bond donors (Lipinski definition) is 0. The first-order valence-corrected chi connectivity index (χ1v) is 22.5. The fourth-order valence-electron chi connectivity index (χ4n) is 7.89. The number of rotatable bonds is 7. The molecule has 2 heteroatoms. The van der Waals surface area contributed by atoms with Crippen LogP contribution in [0.25, 0.3) is 43.8 Å². The minimum atomic E-state index is -2.10. The van der Waals surface area contributed by atoms with Gasteiger partial charge in [-0.1, -0.05) is 175 Å². The van der Waals surface area contributed by atoms with Gasteiger partial charge in [0.1, 0.15) is 0 Å². The van der Waals surface area contributed by atoms with Gasteiger partial charge in [0, 0.05) is 0 Å². The minimum absolute atomic E-state index is 0. The predicted molar refractivity (Wildman–Crippen MR) is 248 cm³/mol. The Morgan fingerprint density at radius 3 is 1.11 bits per heavy atom. The summed E-state index contributed by atoms with van der Waals surface area (Å²) in [7, 11) is -2.10. The van der Waals surface area contributed by atoms with Crippen molar-refractivity contribution in [3.05, 3.63) is 134 Å². The number of fused-ring (bicyclic) bond motifs is 2. The Balaban J connectivity index is 0.00000271. The van der Waals surface area contributed by atoms with Crippen LogP contribution in [0, 0.1) is 14.9 Å². The Hall–Kier alpha value is -2.81. The standard InChI is InChI=1S/C51H64Si.2CH3.Hf/c1-15-16-23-52(14,42-28-34-19-17-21-44(46(34)32-42)36-24-38(48(2,3)4)30-39(25-36)49(5,6)7)43-29-35-20-18-22-45(47(35)33-43)37-26-40(50(8,9)10)31-41(27-37)51(11,12)13;;;/h17-22,24-33H,15-16,23H2,1-14H3;2*1H3;/q-2;2*-1;+4. The van der Waals surface area contributed by atoms with E-state index in [4.69, 9.17) is 0 Å². The molecule has 0 radical (unpaired) electrons. The van der Waals surface area contributed by atoms with Crippen LogP contribution in [0.15, 0.2) is 97.1 Å². The third-order valence-electron chi connectivity index (χ3n) is 11.8. The van der Waals surface area contributed by atoms with Crippen molar-refractivity contribution < 1.29 is 25.8 Å². The molecule has 0 saturated carbocycles. The number of unbranched alkanes of at least 4 members (excludes halogenated alkanes) is 1. The summed E-state index contributed by atoms with van der Waals surface area (Å²) in [6, 6.07) is 40.2. The molecular formula is C53H70HfSi. The molecule has 0 aliphatic rings. The van der Waals surface area contributed by atoms with E-state index < -0.39 is 8.07 Å². The quantitative estimate of drug-likeness (QED) is 0.111. The van der Waals surface area contributed by atoms with E-state index in [0.717, 1.165) is 0 Å². The Morgan fingerprint density at radius 2 is 0.818 bits per heavy atom. The minimum Gasteiger partial charge on any atom is -0.358 e. The summed E-state index contributed by atoms with van der Waals surface area (Å²) in [5, 5.41) is 8.65. The van der Waals surface area contributed by atoms with Crippen molar-refractivity contribution in [3.8, 4) is 22.3 Å². The molecule has 0 aliphatic carbocycles. The Labute approximate surface area is 357 Å². The summed E-state index contributed by atoms with van der Waals surface area (Å²) >= 11 is 0. The Morgan fingerprint density at radius 1 is 0.491 bits per heavy atom. The summed E-state index contributed by atoms with van der Waals surface area (Å²) in [5.41, 5.74) is 11.3. The second-order valence-corrected chi connectivity index (χ2v) is 24.5. The summed E-state index contributed by atoms with van der Waals surface area (Å²) < 4.78 is 0. The second-order valence-electron chi connectivity index (χ2n) is 20.1. The van der Waals surface area contributed by atoms with Crippen molar-refractivity contribution in [1.29, 1.82) is 0 Å². The molecule has 6 aromatic rings. The van der Waals surface area contributed by atoms with Gasteiger partial charge in [-0.05, 0) is 55.0 Å². The fourth-order valence-corrected chi connectivity index (χ4v) is 11.7. The number of benzene rings is 4. The van der Waals surface area contributed by atoms with Gasteiger partial charge in [0.2, 0.25) is 0 Å². The SMILES string of the molecule is CCCC[Si](C)(c1cc2c(-c3cc(C(C)(C)C)cc(C(C)(C)C)c3)cccc2[cH-]1)c1cc2c(-c3cc(C(C)(C)C)cc(C(C)(C)C)c3)cccc2[cH-]1.[CH3-].[CH3-].[Hf+4]. The largest absolute Gasteiger partial charge is 4.00 e. The molecule has 0 spiro atoms. The van der Waals surface area contributed by atoms with E-state index in [1.165, 1.54) is 84.9 Å². The molecule has 0 aliphatic heterocycles. The first-order chi connectivity index (χ1) is 24.1. The van der Waals surface area contributed by atoms with Crippen molar-refractivity contribution >= 4 is 40.0 Å². The van der Waals surface area contributed by atoms with Crippen LogP contribution in [-0.2, 0) is 47.5 Å². The average Bonchev–Trinajstić information content (AvgIpc) is 3.71. The van der Waals surface area contributed by atoms with Gasteiger partial charge in [0.05, 0.1) is 8.07 Å². The van der Waals surface area contributed by atoms with Crippen molar-refractivity contribution in [1.82, 2.24) is 0 Å². The van der Waals surface area contributed by atoms with Gasteiger partial charge in [0.15, 0.2) is 0 Å². The van der Waals surface area contributed by atoms with E-state index in [-0.39, 0.29) is 62.4 Å². The predicted octanol–water partition coefficient (Wildman–Crippen LogP) is 14.8. The zero-order valence-corrected chi connectivity index (χ0v) is 42.0. The van der Waals surface area contributed by atoms with E-state index in [9.17, 15) is 0 Å². The summed E-state index contributed by atoms with van der Waals surface area (Å²) in [6.45, 7) is 33.0. The maximum Gasteiger partial charge on any atom is 4.00 e. The van der Waals surface area contributed by atoms with Gasteiger partial charge < -0.3 is 14.9 Å². The Kier molecular flexibility index (Phi) is 14.0. The van der Waals surface area contributed by atoms with Gasteiger partial charge >= 0.3 is 25.8 Å². The van der Waals surface area contributed by atoms with Crippen LogP contribution in [0.5, 0.6) is 0 Å². The van der Waals surface area contributed by atoms with Crippen molar-refractivity contribution in [2.45, 2.75) is 137 Å². The van der Waals surface area contributed by atoms with Crippen LogP contribution in [0.4, 0.5) is 0 Å². The summed E-state index contributed by atoms with van der Waals surface area (Å²) in [5.74, 6) is 0. The molecule has 0 saturated heterocycles. The molecule has 0 aromatic heterocycles. The summed E-state index contributed by atoms with van der Waals surface area (Å²) in [4.78, 5) is 0. The van der Waals surface area contributed by atoms with Crippen molar-refractivity contribution in [2.75, 3.05) is 0 Å². The van der Waals surface area contributed by atoms with Gasteiger partial charge in [0.25, 0.3) is 0 Å². The zero-order chi connectivity index (χ0) is 38.0. The molecule has 0 nitrogen and oxygen atoms in total. The van der Waals surface area contributed by atoms with Crippen molar-refractivity contribution in [3.63, 3.8) is 0 Å². The molecule has 55 heavy (non-hydrogen) atoms. The second kappa shape index (κ2) is 16.6. The van der Waals surface area contributed by atoms with Crippen LogP contribution in [0.1, 0.15) is 125 Å². The normalized spacial score (nSPS) is 12.7. The van der Waals surface area contributed by atoms with Gasteiger partial charge in [-0.15, -0.1) is 68.3 Å². The summed E-state index contributed by atoms with van der Waals surface area (Å²) in [6.07, 6.45) is 2.46. The van der Waals surface area contributed by atoms with Crippen LogP contribution in [0.2, 0.25) is 12.6 Å². The third-order valence-corrected chi connectivity index (χ3v) is 16.2. The third kappa shape index (κ3) is 9.50. The monoisotopic (exact) mass is 914 g/mol. The van der Waals surface area contributed by atoms with E-state index >= 15 is 0 Å². The van der Waals surface area contributed by atoms with E-state index in [1.54, 1.807) is 10.4 Å². The molecular weight excluding hydrogens is 843 g/mol. The molecule has 0 bridgehead atoms. The van der Waals surface area contributed by atoms with E-state index in [0.29, 0.717) is 0 Å². The molecule has 0 unspecified atom stereocenters. The molecule has 0 N–H and O–H groups in total. The zero-order valence-electron chi connectivity index (χ0n) is 37.4. The van der Waals surface area contributed by atoms with Crippen LogP contribution in [0.3, 0.4) is 0 Å². The molecule has 6 rings (SSSR count). The molecule has 0 fully saturated rings. The van der Waals surface area contributed by atoms with Gasteiger partial charge in [-0.3, -0.25) is 0 Å². The Bertz CT molecular complexity index is 2010. The first kappa shape index (κ1) is 46.6. The smallest absolute Gasteiger partial charge is 0.358 e. The molecule has 290 valence electrons. The van der Waals surface area contributed by atoms with Gasteiger partial charge in [-0.2, -0.15) is 12.1 Å². The van der Waals surface area contributed by atoms with Crippen LogP contribution >= 0.6 is 0 Å². The van der Waals surface area contributed by atoms with Gasteiger partial charge in [-0.25, -0.2) is 0 Å². The van der Waals surface area contributed by atoms with Crippen molar-refractivity contribution in [2.24, 2.45) is 0 Å². The van der Waals surface area contributed by atoms with Crippen LogP contribution < -0.4 is 10.4 Å². The van der Waals surface area contributed by atoms with E-state index in [1.807, 2.05) is 0 Å². The van der Waals surface area contributed by atoms with Crippen LogP contribution in [-0.4, -0.2) is 8.07 Å².